The monoisotopic (exact) mass is 257 g/mol. The van der Waals surface area contributed by atoms with E-state index in [1.807, 2.05) is 18.2 Å². The van der Waals surface area contributed by atoms with Crippen LogP contribution in [0.5, 0.6) is 0 Å². The van der Waals surface area contributed by atoms with Gasteiger partial charge < -0.3 is 4.74 Å². The lowest BCUT2D eigenvalue weighted by Gasteiger charge is -2.05. The number of rotatable bonds is 3. The van der Waals surface area contributed by atoms with Gasteiger partial charge in [-0.15, -0.1) is 0 Å². The van der Waals surface area contributed by atoms with Gasteiger partial charge >= 0.3 is 0 Å². The first-order chi connectivity index (χ1) is 7.57. The maximum absolute atomic E-state index is 10.9. The fourth-order valence-corrected chi connectivity index (χ4v) is 2.11. The zero-order valence-corrected chi connectivity index (χ0v) is 9.70. The molecule has 6 heteroatoms. The molecule has 0 aliphatic carbocycles. The fraction of sp³-hybridized carbons (Fsp3) is 0.100. The molecule has 1 aromatic carbocycles. The van der Waals surface area contributed by atoms with Crippen LogP contribution in [0.4, 0.5) is 0 Å². The molecule has 16 heavy (non-hydrogen) atoms. The van der Waals surface area contributed by atoms with Crippen LogP contribution in [0.1, 0.15) is 5.56 Å². The molecule has 1 aliphatic rings. The fourth-order valence-electron chi connectivity index (χ4n) is 1.18. The van der Waals surface area contributed by atoms with Crippen LogP contribution in [0, 0.1) is 0 Å². The number of hydrogen-bond donors (Lipinski definition) is 0. The zero-order chi connectivity index (χ0) is 11.6. The van der Waals surface area contributed by atoms with E-state index in [4.69, 9.17) is 16.3 Å². The van der Waals surface area contributed by atoms with Gasteiger partial charge in [0.25, 0.3) is 10.0 Å². The molecule has 0 N–H and O–H groups in total. The van der Waals surface area contributed by atoms with Gasteiger partial charge in [0.05, 0.1) is 11.6 Å². The van der Waals surface area contributed by atoms with E-state index < -0.39 is 10.0 Å². The second kappa shape index (κ2) is 4.27. The summed E-state index contributed by atoms with van der Waals surface area (Å²) in [7, 11) is -3.46. The second-order valence-electron chi connectivity index (χ2n) is 3.15. The minimum Gasteiger partial charge on any atom is -0.486 e. The zero-order valence-electron chi connectivity index (χ0n) is 8.13. The third kappa shape index (κ3) is 2.62. The molecule has 84 valence electrons. The topological polar surface area (TPSA) is 55.7 Å². The van der Waals surface area contributed by atoms with Gasteiger partial charge in [-0.3, -0.25) is 0 Å². The van der Waals surface area contributed by atoms with Gasteiger partial charge in [0.2, 0.25) is 0 Å². The van der Waals surface area contributed by atoms with E-state index in [0.29, 0.717) is 5.02 Å². The Hall–Kier alpha value is -1.33. The van der Waals surface area contributed by atoms with Crippen molar-refractivity contribution in [1.29, 1.82) is 0 Å². The molecule has 1 aromatic rings. The molecule has 0 fully saturated rings. The van der Waals surface area contributed by atoms with Crippen LogP contribution < -0.4 is 0 Å². The highest BCUT2D eigenvalue weighted by molar-refractivity contribution is 7.93. The van der Waals surface area contributed by atoms with Crippen LogP contribution in [0.3, 0.4) is 0 Å². The summed E-state index contributed by atoms with van der Waals surface area (Å²) in [6.07, 6.45) is 1.17. The average Bonchev–Trinajstić information content (AvgIpc) is 2.57. The molecular weight excluding hydrogens is 250 g/mol. The average molecular weight is 258 g/mol. The first-order valence-electron chi connectivity index (χ1n) is 4.45. The van der Waals surface area contributed by atoms with E-state index in [0.717, 1.165) is 11.0 Å². The highest BCUT2D eigenvalue weighted by atomic mass is 35.5. The lowest BCUT2D eigenvalue weighted by molar-refractivity contribution is 0.220. The Morgan fingerprint density at radius 2 is 2.06 bits per heavy atom. The van der Waals surface area contributed by atoms with E-state index in [1.54, 1.807) is 6.07 Å². The molecule has 4 nitrogen and oxygen atoms in total. The molecule has 0 radical (unpaired) electrons. The summed E-state index contributed by atoms with van der Waals surface area (Å²) in [6.45, 7) is 0.215. The third-order valence-electron chi connectivity index (χ3n) is 1.94. The Kier molecular flexibility index (Phi) is 2.98. The van der Waals surface area contributed by atoms with E-state index in [2.05, 4.69) is 4.40 Å². The Labute approximate surface area is 98.3 Å². The van der Waals surface area contributed by atoms with Gasteiger partial charge in [-0.1, -0.05) is 29.8 Å². The number of hydrogen-bond acceptors (Lipinski definition) is 3. The SMILES string of the molecule is O=S1(=O)C=C(OCc2ccccc2Cl)C=N1. The van der Waals surface area contributed by atoms with Crippen molar-refractivity contribution in [3.8, 4) is 0 Å². The summed E-state index contributed by atoms with van der Waals surface area (Å²) in [4.78, 5) is 0. The molecule has 0 amide bonds. The van der Waals surface area contributed by atoms with Crippen molar-refractivity contribution < 1.29 is 13.2 Å². The Morgan fingerprint density at radius 1 is 1.31 bits per heavy atom. The minimum atomic E-state index is -3.46. The summed E-state index contributed by atoms with van der Waals surface area (Å²) >= 11 is 5.91. The standard InChI is InChI=1S/C10H8ClNO3S/c11-10-4-2-1-3-8(10)6-15-9-5-12-16(13,14)7-9/h1-5,7H,6H2. The number of allylic oxidation sites excluding steroid dienone is 1. The number of halogens is 1. The van der Waals surface area contributed by atoms with Crippen LogP contribution in [0.25, 0.3) is 0 Å². The maximum atomic E-state index is 10.9. The van der Waals surface area contributed by atoms with Gasteiger partial charge in [-0.2, -0.15) is 12.8 Å². The van der Waals surface area contributed by atoms with Crippen molar-refractivity contribution >= 4 is 27.8 Å². The summed E-state index contributed by atoms with van der Waals surface area (Å²) in [5.74, 6) is 0.222. The molecule has 0 aromatic heterocycles. The van der Waals surface area contributed by atoms with Crippen molar-refractivity contribution in [2.75, 3.05) is 0 Å². The van der Waals surface area contributed by atoms with Gasteiger partial charge in [0, 0.05) is 10.6 Å². The normalized spacial score (nSPS) is 17.2. The number of sulfonamides is 1. The van der Waals surface area contributed by atoms with Gasteiger partial charge in [0.1, 0.15) is 6.61 Å². The van der Waals surface area contributed by atoms with E-state index >= 15 is 0 Å². The largest absolute Gasteiger partial charge is 0.486 e. The van der Waals surface area contributed by atoms with Crippen molar-refractivity contribution in [3.05, 3.63) is 46.0 Å². The summed E-state index contributed by atoms with van der Waals surface area (Å²) in [5.41, 5.74) is 0.794. The first kappa shape index (κ1) is 11.2. The van der Waals surface area contributed by atoms with Crippen molar-refractivity contribution in [2.24, 2.45) is 4.40 Å². The van der Waals surface area contributed by atoms with Crippen LogP contribution in [0.15, 0.2) is 39.8 Å². The minimum absolute atomic E-state index is 0.215. The highest BCUT2D eigenvalue weighted by Gasteiger charge is 2.13. The van der Waals surface area contributed by atoms with Crippen molar-refractivity contribution in [3.63, 3.8) is 0 Å². The maximum Gasteiger partial charge on any atom is 0.279 e. The van der Waals surface area contributed by atoms with Crippen LogP contribution >= 0.6 is 11.6 Å². The highest BCUT2D eigenvalue weighted by Crippen LogP contribution is 2.18. The van der Waals surface area contributed by atoms with Crippen LogP contribution in [0.2, 0.25) is 5.02 Å². The quantitative estimate of drug-likeness (QED) is 0.833. The Balaban J connectivity index is 2.05. The lowest BCUT2D eigenvalue weighted by atomic mass is 10.2. The van der Waals surface area contributed by atoms with Crippen molar-refractivity contribution in [1.82, 2.24) is 0 Å². The smallest absolute Gasteiger partial charge is 0.279 e. The molecule has 2 rings (SSSR count). The molecule has 0 unspecified atom stereocenters. The van der Waals surface area contributed by atoms with E-state index in [-0.39, 0.29) is 12.4 Å². The second-order valence-corrected chi connectivity index (χ2v) is 5.03. The van der Waals surface area contributed by atoms with Gasteiger partial charge in [-0.05, 0) is 6.07 Å². The first-order valence-corrected chi connectivity index (χ1v) is 6.33. The van der Waals surface area contributed by atoms with Gasteiger partial charge in [0.15, 0.2) is 5.76 Å². The van der Waals surface area contributed by atoms with Crippen LogP contribution in [-0.4, -0.2) is 14.6 Å². The molecule has 0 bridgehead atoms. The van der Waals surface area contributed by atoms with E-state index in [1.165, 1.54) is 6.21 Å². The summed E-state index contributed by atoms with van der Waals surface area (Å²) in [6, 6.07) is 7.20. The molecule has 0 saturated carbocycles. The predicted molar refractivity (Wildman–Crippen MR) is 61.7 cm³/mol. The van der Waals surface area contributed by atoms with Crippen molar-refractivity contribution in [2.45, 2.75) is 6.61 Å². The number of nitrogens with zero attached hydrogens (tertiary/aromatic N) is 1. The molecule has 0 spiro atoms. The number of ether oxygens (including phenoxy) is 1. The summed E-state index contributed by atoms with van der Waals surface area (Å²) in [5, 5.41) is 1.56. The number of benzene rings is 1. The molecular formula is C10H8ClNO3S. The van der Waals surface area contributed by atoms with E-state index in [9.17, 15) is 8.42 Å². The van der Waals surface area contributed by atoms with Crippen LogP contribution in [-0.2, 0) is 21.4 Å². The van der Waals surface area contributed by atoms with Gasteiger partial charge in [-0.25, -0.2) is 0 Å². The molecule has 1 heterocycles. The Morgan fingerprint density at radius 3 is 2.69 bits per heavy atom. The Bertz CT molecular complexity index is 563. The third-order valence-corrected chi connectivity index (χ3v) is 3.24. The predicted octanol–water partition coefficient (Wildman–Crippen LogP) is 2.11. The molecule has 0 atom stereocenters. The lowest BCUT2D eigenvalue weighted by Crippen LogP contribution is -1.94. The molecule has 1 aliphatic heterocycles. The molecule has 0 saturated heterocycles. The summed E-state index contributed by atoms with van der Waals surface area (Å²) < 4.78 is 30.4.